The number of H-pyrrole nitrogens is 1. The van der Waals surface area contributed by atoms with Crippen LogP contribution in [-0.4, -0.2) is 85.7 Å². The molecule has 0 saturated heterocycles. The minimum atomic E-state index is -1.63. The number of methoxy groups -OCH3 is 1. The maximum absolute atomic E-state index is 12.8. The van der Waals surface area contributed by atoms with Gasteiger partial charge in [-0.25, -0.2) is 14.7 Å². The number of rotatable bonds is 10. The fourth-order valence-corrected chi connectivity index (χ4v) is 5.03. The lowest BCUT2D eigenvalue weighted by Crippen LogP contribution is -2.58. The Hall–Kier alpha value is -4.49. The highest BCUT2D eigenvalue weighted by atomic mass is 16.7. The highest BCUT2D eigenvalue weighted by Crippen LogP contribution is 2.45. The topological polar surface area (TPSA) is 163 Å². The molecule has 41 heavy (non-hydrogen) atoms. The molecule has 1 unspecified atom stereocenters. The first-order valence-electron chi connectivity index (χ1n) is 12.9. The maximum atomic E-state index is 12.8. The zero-order valence-electron chi connectivity index (χ0n) is 23.8. The summed E-state index contributed by atoms with van der Waals surface area (Å²) >= 11 is 0. The number of anilines is 1. The third-order valence-electron chi connectivity index (χ3n) is 6.59. The molecule has 1 atom stereocenters. The van der Waals surface area contributed by atoms with Crippen molar-refractivity contribution in [3.05, 3.63) is 59.9 Å². The lowest BCUT2D eigenvalue weighted by atomic mass is 9.98. The van der Waals surface area contributed by atoms with Crippen LogP contribution in [0.2, 0.25) is 0 Å². The standard InChI is InChI=1S/C28H34N6O7/c1-17(2)41-26(37)40-16-33-23(27(3,4)38)22(25(35)36)34(28(33,5)15-39-6)19-13-11-18(12-14-19)20-9-7-8-10-21(20)24-29-31-32-30-24/h7-14,17,38H,15-16H2,1-6H3,(H,35,36)(H,29,30,31,32). The predicted molar refractivity (Wildman–Crippen MR) is 148 cm³/mol. The van der Waals surface area contributed by atoms with Crippen LogP contribution in [-0.2, 0) is 19.0 Å². The van der Waals surface area contributed by atoms with E-state index in [0.717, 1.165) is 16.7 Å². The molecule has 3 aromatic rings. The number of carbonyl (C=O) groups excluding carboxylic acids is 1. The number of tetrazole rings is 1. The number of aliphatic carboxylic acids is 1. The number of nitrogens with one attached hydrogen (secondary N) is 1. The van der Waals surface area contributed by atoms with Gasteiger partial charge in [0.25, 0.3) is 0 Å². The summed E-state index contributed by atoms with van der Waals surface area (Å²) < 4.78 is 16.0. The van der Waals surface area contributed by atoms with Crippen LogP contribution in [0, 0.1) is 0 Å². The summed E-state index contributed by atoms with van der Waals surface area (Å²) in [5, 5.41) is 35.7. The van der Waals surface area contributed by atoms with Gasteiger partial charge in [-0.1, -0.05) is 36.4 Å². The van der Waals surface area contributed by atoms with Gasteiger partial charge in [-0.2, -0.15) is 0 Å². The zero-order valence-corrected chi connectivity index (χ0v) is 23.8. The van der Waals surface area contributed by atoms with Crippen LogP contribution in [0.5, 0.6) is 0 Å². The van der Waals surface area contributed by atoms with Gasteiger partial charge in [0.2, 0.25) is 0 Å². The van der Waals surface area contributed by atoms with E-state index in [2.05, 4.69) is 20.6 Å². The van der Waals surface area contributed by atoms with Crippen molar-refractivity contribution in [2.24, 2.45) is 0 Å². The van der Waals surface area contributed by atoms with Crippen LogP contribution in [0.15, 0.2) is 59.9 Å². The Labute approximate surface area is 237 Å². The number of aromatic amines is 1. The van der Waals surface area contributed by atoms with E-state index in [1.54, 1.807) is 37.8 Å². The summed E-state index contributed by atoms with van der Waals surface area (Å²) in [5.41, 5.74) is 0.0272. The van der Waals surface area contributed by atoms with E-state index in [9.17, 15) is 19.8 Å². The Morgan fingerprint density at radius 1 is 1.10 bits per heavy atom. The Morgan fingerprint density at radius 3 is 2.29 bits per heavy atom. The highest BCUT2D eigenvalue weighted by molar-refractivity contribution is 5.94. The first-order chi connectivity index (χ1) is 19.4. The van der Waals surface area contributed by atoms with Crippen LogP contribution in [0.25, 0.3) is 22.5 Å². The maximum Gasteiger partial charge on any atom is 0.510 e. The first-order valence-corrected chi connectivity index (χ1v) is 12.9. The number of hydrogen-bond acceptors (Lipinski definition) is 11. The minimum Gasteiger partial charge on any atom is -0.477 e. The molecule has 4 rings (SSSR count). The molecule has 2 heterocycles. The van der Waals surface area contributed by atoms with Gasteiger partial charge in [0, 0.05) is 18.4 Å². The molecular weight excluding hydrogens is 532 g/mol. The van der Waals surface area contributed by atoms with Crippen molar-refractivity contribution in [2.75, 3.05) is 25.3 Å². The van der Waals surface area contributed by atoms with E-state index in [4.69, 9.17) is 14.2 Å². The molecular formula is C28H34N6O7. The van der Waals surface area contributed by atoms with Gasteiger partial charge < -0.3 is 34.2 Å². The largest absolute Gasteiger partial charge is 0.510 e. The highest BCUT2D eigenvalue weighted by Gasteiger charge is 2.54. The molecule has 0 radical (unpaired) electrons. The number of nitrogens with zero attached hydrogens (tertiary/aromatic N) is 5. The van der Waals surface area contributed by atoms with E-state index in [0.29, 0.717) is 11.5 Å². The van der Waals surface area contributed by atoms with Crippen molar-refractivity contribution in [1.29, 1.82) is 0 Å². The first kappa shape index (κ1) is 29.5. The SMILES string of the molecule is COCC1(C)N(COC(=O)OC(C)C)C(C(C)(C)O)=C(C(=O)O)N1c1ccc(-c2ccccc2-c2nnn[nH]2)cc1. The Morgan fingerprint density at radius 2 is 1.76 bits per heavy atom. The van der Waals surface area contributed by atoms with Crippen LogP contribution < -0.4 is 4.90 Å². The van der Waals surface area contributed by atoms with Crippen molar-refractivity contribution in [3.8, 4) is 22.5 Å². The monoisotopic (exact) mass is 566 g/mol. The summed E-state index contributed by atoms with van der Waals surface area (Å²) in [5.74, 6) is -0.765. The molecule has 0 amide bonds. The molecule has 0 saturated carbocycles. The average Bonchev–Trinajstić information content (AvgIpc) is 3.52. The normalized spacial score (nSPS) is 17.4. The summed E-state index contributed by atoms with van der Waals surface area (Å²) in [6, 6.07) is 14.9. The van der Waals surface area contributed by atoms with Crippen LogP contribution >= 0.6 is 0 Å². The zero-order chi connectivity index (χ0) is 29.9. The van der Waals surface area contributed by atoms with Crippen LogP contribution in [0.1, 0.15) is 34.6 Å². The molecule has 1 aliphatic heterocycles. The lowest BCUT2D eigenvalue weighted by molar-refractivity contribution is -0.133. The molecule has 218 valence electrons. The van der Waals surface area contributed by atoms with Crippen LogP contribution in [0.3, 0.4) is 0 Å². The Bertz CT molecular complexity index is 1420. The number of aliphatic hydroxyl groups is 1. The molecule has 1 aromatic heterocycles. The number of aromatic nitrogens is 4. The fourth-order valence-electron chi connectivity index (χ4n) is 5.03. The number of carbonyl (C=O) groups is 2. The van der Waals surface area contributed by atoms with E-state index in [1.807, 2.05) is 36.4 Å². The van der Waals surface area contributed by atoms with Crippen LogP contribution in [0.4, 0.5) is 10.5 Å². The van der Waals surface area contributed by atoms with Gasteiger partial charge in [0.1, 0.15) is 11.3 Å². The molecule has 0 spiro atoms. The number of benzene rings is 2. The molecule has 0 aliphatic carbocycles. The van der Waals surface area contributed by atoms with Crippen molar-refractivity contribution in [3.63, 3.8) is 0 Å². The van der Waals surface area contributed by atoms with E-state index in [-0.39, 0.29) is 18.0 Å². The minimum absolute atomic E-state index is 0.00493. The smallest absolute Gasteiger partial charge is 0.477 e. The second kappa shape index (κ2) is 11.6. The van der Waals surface area contributed by atoms with Crippen molar-refractivity contribution >= 4 is 17.8 Å². The second-order valence-electron chi connectivity index (χ2n) is 10.5. The van der Waals surface area contributed by atoms with Gasteiger partial charge in [-0.05, 0) is 68.3 Å². The Kier molecular flexibility index (Phi) is 8.31. The third kappa shape index (κ3) is 5.86. The number of hydrogen-bond donors (Lipinski definition) is 3. The third-order valence-corrected chi connectivity index (χ3v) is 6.59. The van der Waals surface area contributed by atoms with Gasteiger partial charge in [-0.3, -0.25) is 0 Å². The van der Waals surface area contributed by atoms with Crippen molar-refractivity contribution in [2.45, 2.75) is 52.0 Å². The fraction of sp³-hybridized carbons (Fsp3) is 0.393. The molecule has 13 nitrogen and oxygen atoms in total. The number of carboxylic acid groups (broad SMARTS) is 1. The number of carboxylic acids is 1. The number of ether oxygens (including phenoxy) is 3. The van der Waals surface area contributed by atoms with E-state index >= 15 is 0 Å². The lowest BCUT2D eigenvalue weighted by Gasteiger charge is -2.44. The molecule has 1 aliphatic rings. The summed E-state index contributed by atoms with van der Waals surface area (Å²) in [6.07, 6.45) is -1.33. The predicted octanol–water partition coefficient (Wildman–Crippen LogP) is 3.60. The summed E-state index contributed by atoms with van der Waals surface area (Å²) in [7, 11) is 1.48. The quantitative estimate of drug-likeness (QED) is 0.306. The van der Waals surface area contributed by atoms with Gasteiger partial charge in [-0.15, -0.1) is 5.10 Å². The molecule has 3 N–H and O–H groups in total. The second-order valence-corrected chi connectivity index (χ2v) is 10.5. The summed E-state index contributed by atoms with van der Waals surface area (Å²) in [4.78, 5) is 28.1. The van der Waals surface area contributed by atoms with Crippen molar-refractivity contribution in [1.82, 2.24) is 25.5 Å². The van der Waals surface area contributed by atoms with Crippen molar-refractivity contribution < 1.29 is 34.0 Å². The average molecular weight is 567 g/mol. The van der Waals surface area contributed by atoms with Gasteiger partial charge in [0.05, 0.1) is 18.4 Å². The van der Waals surface area contributed by atoms with E-state index < -0.39 is 36.2 Å². The van der Waals surface area contributed by atoms with Gasteiger partial charge in [0.15, 0.2) is 18.3 Å². The molecule has 13 heteroatoms. The molecule has 2 aromatic carbocycles. The van der Waals surface area contributed by atoms with Gasteiger partial charge >= 0.3 is 12.1 Å². The summed E-state index contributed by atoms with van der Waals surface area (Å²) in [6.45, 7) is 7.66. The Balaban J connectivity index is 1.80. The molecule has 0 bridgehead atoms. The van der Waals surface area contributed by atoms with E-state index in [1.165, 1.54) is 25.9 Å². The molecule has 0 fully saturated rings.